The van der Waals surface area contributed by atoms with E-state index < -0.39 is 0 Å². The van der Waals surface area contributed by atoms with Gasteiger partial charge in [-0.1, -0.05) is 12.5 Å². The number of nitrogens with zero attached hydrogens (tertiary/aromatic N) is 1. The van der Waals surface area contributed by atoms with Gasteiger partial charge >= 0.3 is 0 Å². The van der Waals surface area contributed by atoms with Crippen molar-refractivity contribution in [2.45, 2.75) is 32.1 Å². The Morgan fingerprint density at radius 2 is 2.29 bits per heavy atom. The van der Waals surface area contributed by atoms with Gasteiger partial charge in [0.25, 0.3) is 0 Å². The minimum Gasteiger partial charge on any atom is -0.330 e. The first-order valence-corrected chi connectivity index (χ1v) is 7.16. The Hall–Kier alpha value is -0.930. The predicted octanol–water partition coefficient (Wildman–Crippen LogP) is 3.45. The summed E-state index contributed by atoms with van der Waals surface area (Å²) in [5, 5.41) is 1.30. The molecule has 1 heterocycles. The number of hydrogen-bond donors (Lipinski definition) is 1. The minimum absolute atomic E-state index is 0.609. The van der Waals surface area contributed by atoms with Gasteiger partial charge in [-0.05, 0) is 49.9 Å². The van der Waals surface area contributed by atoms with Crippen LogP contribution in [0.1, 0.15) is 35.8 Å². The van der Waals surface area contributed by atoms with E-state index in [-0.39, 0.29) is 0 Å². The molecule has 2 N–H and O–H groups in total. The topological polar surface area (TPSA) is 38.9 Å². The van der Waals surface area contributed by atoms with E-state index in [4.69, 9.17) is 10.7 Å². The van der Waals surface area contributed by atoms with E-state index in [2.05, 4.69) is 25.1 Å². The van der Waals surface area contributed by atoms with Crippen molar-refractivity contribution >= 4 is 21.6 Å². The standard InChI is InChI=1S/C14H18N2S/c1-9-5-6-12-13(7-9)17-14(16-12)11-4-2-3-10(11)8-15/h5-7,10-11H,2-4,8,15H2,1H3. The number of fused-ring (bicyclic) bond motifs is 1. The molecule has 17 heavy (non-hydrogen) atoms. The van der Waals surface area contributed by atoms with E-state index in [9.17, 15) is 0 Å². The lowest BCUT2D eigenvalue weighted by molar-refractivity contribution is 0.495. The molecular formula is C14H18N2S. The fraction of sp³-hybridized carbons (Fsp3) is 0.500. The van der Waals surface area contributed by atoms with Crippen molar-refractivity contribution < 1.29 is 0 Å². The summed E-state index contributed by atoms with van der Waals surface area (Å²) in [4.78, 5) is 4.80. The summed E-state index contributed by atoms with van der Waals surface area (Å²) >= 11 is 1.86. The molecule has 2 aromatic rings. The van der Waals surface area contributed by atoms with Gasteiger partial charge in [-0.15, -0.1) is 11.3 Å². The lowest BCUT2D eigenvalue weighted by Gasteiger charge is -2.14. The Kier molecular flexibility index (Phi) is 2.89. The third kappa shape index (κ3) is 1.98. The van der Waals surface area contributed by atoms with Crippen LogP contribution >= 0.6 is 11.3 Å². The summed E-state index contributed by atoms with van der Waals surface area (Å²) in [5.74, 6) is 1.26. The maximum Gasteiger partial charge on any atom is 0.0972 e. The van der Waals surface area contributed by atoms with Crippen LogP contribution in [0.15, 0.2) is 18.2 Å². The molecule has 1 aliphatic rings. The van der Waals surface area contributed by atoms with Crippen LogP contribution in [0.4, 0.5) is 0 Å². The lowest BCUT2D eigenvalue weighted by Crippen LogP contribution is -2.16. The van der Waals surface area contributed by atoms with Crippen molar-refractivity contribution in [2.24, 2.45) is 11.7 Å². The summed E-state index contributed by atoms with van der Waals surface area (Å²) in [6.07, 6.45) is 3.85. The van der Waals surface area contributed by atoms with Crippen LogP contribution in [-0.2, 0) is 0 Å². The zero-order valence-corrected chi connectivity index (χ0v) is 11.0. The number of rotatable bonds is 2. The maximum atomic E-state index is 5.86. The molecule has 1 aromatic carbocycles. The lowest BCUT2D eigenvalue weighted by atomic mass is 9.97. The summed E-state index contributed by atoms with van der Waals surface area (Å²) < 4.78 is 1.32. The van der Waals surface area contributed by atoms with Crippen LogP contribution in [-0.4, -0.2) is 11.5 Å². The Balaban J connectivity index is 2.00. The summed E-state index contributed by atoms with van der Waals surface area (Å²) in [6, 6.07) is 6.51. The number of hydrogen-bond acceptors (Lipinski definition) is 3. The highest BCUT2D eigenvalue weighted by molar-refractivity contribution is 7.18. The number of aryl methyl sites for hydroxylation is 1. The Morgan fingerprint density at radius 1 is 1.41 bits per heavy atom. The molecule has 1 fully saturated rings. The Labute approximate surface area is 106 Å². The van der Waals surface area contributed by atoms with E-state index in [0.717, 1.165) is 12.1 Å². The SMILES string of the molecule is Cc1ccc2nc(C3CCCC3CN)sc2c1. The zero-order valence-electron chi connectivity index (χ0n) is 10.1. The normalized spacial score (nSPS) is 24.6. The predicted molar refractivity (Wildman–Crippen MR) is 73.5 cm³/mol. The van der Waals surface area contributed by atoms with Gasteiger partial charge in [0.2, 0.25) is 0 Å². The van der Waals surface area contributed by atoms with Gasteiger partial charge in [0.15, 0.2) is 0 Å². The molecule has 3 rings (SSSR count). The largest absolute Gasteiger partial charge is 0.330 e. The first-order valence-electron chi connectivity index (χ1n) is 6.35. The van der Waals surface area contributed by atoms with Crippen LogP contribution in [0.25, 0.3) is 10.2 Å². The molecule has 0 radical (unpaired) electrons. The van der Waals surface area contributed by atoms with Crippen LogP contribution in [0.2, 0.25) is 0 Å². The van der Waals surface area contributed by atoms with Crippen molar-refractivity contribution in [3.8, 4) is 0 Å². The first kappa shape index (κ1) is 11.2. The molecule has 0 aliphatic heterocycles. The van der Waals surface area contributed by atoms with Crippen LogP contribution in [0.3, 0.4) is 0 Å². The molecule has 90 valence electrons. The number of aromatic nitrogens is 1. The third-order valence-electron chi connectivity index (χ3n) is 3.84. The fourth-order valence-electron chi connectivity index (χ4n) is 2.85. The van der Waals surface area contributed by atoms with Gasteiger partial charge in [0.1, 0.15) is 0 Å². The summed E-state index contributed by atoms with van der Waals surface area (Å²) in [7, 11) is 0. The second-order valence-electron chi connectivity index (χ2n) is 5.06. The minimum atomic E-state index is 0.609. The molecule has 2 nitrogen and oxygen atoms in total. The molecule has 1 aromatic heterocycles. The molecule has 0 spiro atoms. The summed E-state index contributed by atoms with van der Waals surface area (Å²) in [5.41, 5.74) is 8.32. The Bertz CT molecular complexity index is 532. The molecule has 3 heteroatoms. The number of thiazole rings is 1. The Morgan fingerprint density at radius 3 is 3.12 bits per heavy atom. The highest BCUT2D eigenvalue weighted by atomic mass is 32.1. The molecule has 0 bridgehead atoms. The van der Waals surface area contributed by atoms with Crippen molar-refractivity contribution in [2.75, 3.05) is 6.54 Å². The first-order chi connectivity index (χ1) is 8.28. The highest BCUT2D eigenvalue weighted by Gasteiger charge is 2.29. The van der Waals surface area contributed by atoms with E-state index in [1.807, 2.05) is 11.3 Å². The monoisotopic (exact) mass is 246 g/mol. The smallest absolute Gasteiger partial charge is 0.0972 e. The average Bonchev–Trinajstić information content (AvgIpc) is 2.93. The molecule has 1 aliphatic carbocycles. The number of nitrogens with two attached hydrogens (primary N) is 1. The van der Waals surface area contributed by atoms with Crippen molar-refractivity contribution in [3.05, 3.63) is 28.8 Å². The van der Waals surface area contributed by atoms with E-state index in [1.54, 1.807) is 0 Å². The van der Waals surface area contributed by atoms with Gasteiger partial charge < -0.3 is 5.73 Å². The molecule has 1 saturated carbocycles. The van der Waals surface area contributed by atoms with Crippen molar-refractivity contribution in [3.63, 3.8) is 0 Å². The second kappa shape index (κ2) is 4.39. The quantitative estimate of drug-likeness (QED) is 0.881. The van der Waals surface area contributed by atoms with Crippen LogP contribution < -0.4 is 5.73 Å². The second-order valence-corrected chi connectivity index (χ2v) is 6.12. The summed E-state index contributed by atoms with van der Waals surface area (Å²) in [6.45, 7) is 2.94. The van der Waals surface area contributed by atoms with Gasteiger partial charge in [-0.2, -0.15) is 0 Å². The third-order valence-corrected chi connectivity index (χ3v) is 4.99. The van der Waals surface area contributed by atoms with E-state index >= 15 is 0 Å². The van der Waals surface area contributed by atoms with Gasteiger partial charge in [-0.25, -0.2) is 4.98 Å². The number of benzene rings is 1. The van der Waals surface area contributed by atoms with Crippen LogP contribution in [0, 0.1) is 12.8 Å². The molecule has 2 unspecified atom stereocenters. The van der Waals surface area contributed by atoms with Gasteiger partial charge in [0, 0.05) is 5.92 Å². The van der Waals surface area contributed by atoms with Gasteiger partial charge in [-0.3, -0.25) is 0 Å². The molecule has 0 saturated heterocycles. The maximum absolute atomic E-state index is 5.86. The van der Waals surface area contributed by atoms with Crippen molar-refractivity contribution in [1.82, 2.24) is 4.98 Å². The van der Waals surface area contributed by atoms with Gasteiger partial charge in [0.05, 0.1) is 15.2 Å². The van der Waals surface area contributed by atoms with E-state index in [1.165, 1.54) is 34.5 Å². The molecular weight excluding hydrogens is 228 g/mol. The molecule has 2 atom stereocenters. The van der Waals surface area contributed by atoms with Crippen molar-refractivity contribution in [1.29, 1.82) is 0 Å². The zero-order chi connectivity index (χ0) is 11.8. The highest BCUT2D eigenvalue weighted by Crippen LogP contribution is 2.41. The van der Waals surface area contributed by atoms with Crippen LogP contribution in [0.5, 0.6) is 0 Å². The fourth-order valence-corrected chi connectivity index (χ4v) is 4.15. The van der Waals surface area contributed by atoms with E-state index in [0.29, 0.717) is 11.8 Å². The average molecular weight is 246 g/mol. The molecule has 0 amide bonds.